The van der Waals surface area contributed by atoms with Gasteiger partial charge >= 0.3 is 6.09 Å². The van der Waals surface area contributed by atoms with Crippen LogP contribution in [0.1, 0.15) is 45.6 Å². The fourth-order valence-electron chi connectivity index (χ4n) is 5.24. The van der Waals surface area contributed by atoms with Crippen molar-refractivity contribution >= 4 is 11.9 Å². The minimum Gasteiger partial charge on any atom is -0.444 e. The second-order valence-corrected chi connectivity index (χ2v) is 11.2. The van der Waals surface area contributed by atoms with E-state index in [1.165, 1.54) is 0 Å². The molecule has 39 heavy (non-hydrogen) atoms. The Hall–Kier alpha value is -4.45. The van der Waals surface area contributed by atoms with Gasteiger partial charge in [0.25, 0.3) is 0 Å². The Balaban J connectivity index is 1.39. The van der Waals surface area contributed by atoms with Crippen LogP contribution in [0.4, 0.5) is 4.79 Å². The van der Waals surface area contributed by atoms with E-state index in [9.17, 15) is 4.79 Å². The van der Waals surface area contributed by atoms with Crippen LogP contribution in [0.15, 0.2) is 97.2 Å². The Kier molecular flexibility index (Phi) is 6.18. The fourth-order valence-corrected chi connectivity index (χ4v) is 5.24. The lowest BCUT2D eigenvalue weighted by Gasteiger charge is -2.43. The van der Waals surface area contributed by atoms with E-state index in [0.717, 1.165) is 58.6 Å². The number of rotatable bonds is 5. The first-order valence-corrected chi connectivity index (χ1v) is 13.4. The molecule has 0 radical (unpaired) electrons. The highest BCUT2D eigenvalue weighted by Crippen LogP contribution is 2.42. The van der Waals surface area contributed by atoms with Crippen molar-refractivity contribution in [2.24, 2.45) is 0 Å². The van der Waals surface area contributed by atoms with Crippen molar-refractivity contribution in [1.82, 2.24) is 19.7 Å². The summed E-state index contributed by atoms with van der Waals surface area (Å²) in [6.45, 7) is 5.64. The predicted octanol–water partition coefficient (Wildman–Crippen LogP) is 7.63. The Bertz CT molecular complexity index is 1610. The molecule has 5 aromatic rings. The second-order valence-electron chi connectivity index (χ2n) is 11.2. The summed E-state index contributed by atoms with van der Waals surface area (Å²) in [5, 5.41) is 3.15. The van der Waals surface area contributed by atoms with Crippen LogP contribution < -0.4 is 5.32 Å². The lowest BCUT2D eigenvalue weighted by atomic mass is 9.71. The molecule has 0 spiro atoms. The molecule has 2 heterocycles. The predicted molar refractivity (Wildman–Crippen MR) is 154 cm³/mol. The number of hydrogen-bond donors (Lipinski definition) is 1. The van der Waals surface area contributed by atoms with Crippen molar-refractivity contribution in [3.63, 3.8) is 0 Å². The first kappa shape index (κ1) is 24.9. The highest BCUT2D eigenvalue weighted by atomic mass is 16.6. The molecule has 0 atom stereocenters. The molecule has 0 bridgehead atoms. The molecule has 1 N–H and O–H groups in total. The molecule has 6 nitrogen and oxygen atoms in total. The van der Waals surface area contributed by atoms with Crippen molar-refractivity contribution in [2.45, 2.75) is 51.2 Å². The standard InChI is InChI=1S/C33H32N4O2/c1-32(2,3)39-31(38)36-33(20-10-21-33)26-17-15-24(16-18-26)28-29(25-13-8-5-9-14-25)37-22-19-27(34-30(37)35-28)23-11-6-4-7-12-23/h4-9,11-19,22H,10,20-21H2,1-3H3,(H,36,38). The normalized spacial score (nSPS) is 14.5. The summed E-state index contributed by atoms with van der Waals surface area (Å²) < 4.78 is 7.61. The maximum Gasteiger partial charge on any atom is 0.408 e. The average molecular weight is 517 g/mol. The zero-order chi connectivity index (χ0) is 27.0. The van der Waals surface area contributed by atoms with Gasteiger partial charge in [-0.25, -0.2) is 14.8 Å². The van der Waals surface area contributed by atoms with Gasteiger partial charge in [-0.15, -0.1) is 0 Å². The van der Waals surface area contributed by atoms with Gasteiger partial charge in [-0.05, 0) is 51.7 Å². The molecule has 0 saturated heterocycles. The maximum atomic E-state index is 12.6. The number of fused-ring (bicyclic) bond motifs is 1. The minimum atomic E-state index is -0.537. The van der Waals surface area contributed by atoms with Crippen LogP contribution in [0.25, 0.3) is 39.5 Å². The van der Waals surface area contributed by atoms with E-state index < -0.39 is 11.1 Å². The van der Waals surface area contributed by atoms with E-state index in [1.807, 2.05) is 69.4 Å². The highest BCUT2D eigenvalue weighted by molar-refractivity contribution is 5.82. The molecule has 2 aromatic heterocycles. The molecule has 0 aliphatic heterocycles. The first-order valence-electron chi connectivity index (χ1n) is 13.4. The SMILES string of the molecule is CC(C)(C)OC(=O)NC1(c2ccc(-c3nc4nc(-c5ccccc5)ccn4c3-c3ccccc3)cc2)CCC1. The summed E-state index contributed by atoms with van der Waals surface area (Å²) >= 11 is 0. The number of imidazole rings is 1. The number of carbonyl (C=O) groups excluding carboxylic acids is 1. The van der Waals surface area contributed by atoms with Crippen LogP contribution in [0.5, 0.6) is 0 Å². The summed E-state index contributed by atoms with van der Waals surface area (Å²) in [6, 6.07) is 30.9. The van der Waals surface area contributed by atoms with E-state index >= 15 is 0 Å². The lowest BCUT2D eigenvalue weighted by molar-refractivity contribution is 0.0377. The van der Waals surface area contributed by atoms with Crippen LogP contribution in [0.2, 0.25) is 0 Å². The molecule has 3 aromatic carbocycles. The Morgan fingerprint density at radius 1 is 0.821 bits per heavy atom. The topological polar surface area (TPSA) is 68.5 Å². The average Bonchev–Trinajstić information content (AvgIpc) is 3.30. The molecular weight excluding hydrogens is 484 g/mol. The number of nitrogens with one attached hydrogen (secondary N) is 1. The molecule has 1 aliphatic rings. The first-order chi connectivity index (χ1) is 18.8. The van der Waals surface area contributed by atoms with E-state index in [4.69, 9.17) is 14.7 Å². The van der Waals surface area contributed by atoms with Crippen LogP contribution in [-0.4, -0.2) is 26.1 Å². The number of ether oxygens (including phenoxy) is 1. The van der Waals surface area contributed by atoms with Crippen LogP contribution in [-0.2, 0) is 10.3 Å². The van der Waals surface area contributed by atoms with Gasteiger partial charge in [0.1, 0.15) is 5.60 Å². The number of alkyl carbamates (subject to hydrolysis) is 1. The number of amides is 1. The van der Waals surface area contributed by atoms with Crippen molar-refractivity contribution in [3.8, 4) is 33.8 Å². The largest absolute Gasteiger partial charge is 0.444 e. The van der Waals surface area contributed by atoms with Gasteiger partial charge in [0.15, 0.2) is 0 Å². The van der Waals surface area contributed by atoms with E-state index in [2.05, 4.69) is 58.2 Å². The van der Waals surface area contributed by atoms with Gasteiger partial charge in [-0.2, -0.15) is 0 Å². The van der Waals surface area contributed by atoms with Crippen molar-refractivity contribution in [1.29, 1.82) is 0 Å². The van der Waals surface area contributed by atoms with Gasteiger partial charge in [-0.1, -0.05) is 84.9 Å². The number of benzene rings is 3. The Morgan fingerprint density at radius 3 is 2.05 bits per heavy atom. The van der Waals surface area contributed by atoms with E-state index in [1.54, 1.807) is 0 Å². The van der Waals surface area contributed by atoms with Gasteiger partial charge < -0.3 is 10.1 Å². The number of nitrogens with zero attached hydrogens (tertiary/aromatic N) is 3. The molecule has 196 valence electrons. The molecule has 1 amide bonds. The molecule has 1 aliphatic carbocycles. The molecular formula is C33H32N4O2. The zero-order valence-electron chi connectivity index (χ0n) is 22.5. The van der Waals surface area contributed by atoms with E-state index in [0.29, 0.717) is 5.78 Å². The zero-order valence-corrected chi connectivity index (χ0v) is 22.5. The molecule has 6 rings (SSSR count). The number of carbonyl (C=O) groups is 1. The summed E-state index contributed by atoms with van der Waals surface area (Å²) in [5.41, 5.74) is 6.02. The van der Waals surface area contributed by atoms with Gasteiger partial charge in [0.05, 0.1) is 22.6 Å². The summed E-state index contributed by atoms with van der Waals surface area (Å²) in [6.07, 6.45) is 4.52. The number of aromatic nitrogens is 3. The van der Waals surface area contributed by atoms with E-state index in [-0.39, 0.29) is 6.09 Å². The smallest absolute Gasteiger partial charge is 0.408 e. The van der Waals surface area contributed by atoms with Crippen LogP contribution >= 0.6 is 0 Å². The Labute approximate surface area is 228 Å². The fraction of sp³-hybridized carbons (Fsp3) is 0.242. The second kappa shape index (κ2) is 9.70. The third-order valence-electron chi connectivity index (χ3n) is 7.27. The van der Waals surface area contributed by atoms with Crippen LogP contribution in [0, 0.1) is 0 Å². The molecule has 6 heteroatoms. The Morgan fingerprint density at radius 2 is 1.46 bits per heavy atom. The van der Waals surface area contributed by atoms with Crippen molar-refractivity contribution in [3.05, 3.63) is 103 Å². The summed E-state index contributed by atoms with van der Waals surface area (Å²) in [5.74, 6) is 0.649. The summed E-state index contributed by atoms with van der Waals surface area (Å²) in [7, 11) is 0. The molecule has 0 unspecified atom stereocenters. The lowest BCUT2D eigenvalue weighted by Crippen LogP contribution is -2.52. The molecule has 1 saturated carbocycles. The third-order valence-corrected chi connectivity index (χ3v) is 7.27. The van der Waals surface area contributed by atoms with Crippen molar-refractivity contribution in [2.75, 3.05) is 0 Å². The minimum absolute atomic E-state index is 0.377. The quantitative estimate of drug-likeness (QED) is 0.261. The van der Waals surface area contributed by atoms with Gasteiger partial charge in [0.2, 0.25) is 5.78 Å². The highest BCUT2D eigenvalue weighted by Gasteiger charge is 2.41. The monoisotopic (exact) mass is 516 g/mol. The van der Waals surface area contributed by atoms with Gasteiger partial charge in [-0.3, -0.25) is 4.40 Å². The third kappa shape index (κ3) is 4.90. The molecule has 1 fully saturated rings. The van der Waals surface area contributed by atoms with Gasteiger partial charge in [0, 0.05) is 22.9 Å². The van der Waals surface area contributed by atoms with Crippen molar-refractivity contribution < 1.29 is 9.53 Å². The number of hydrogen-bond acceptors (Lipinski definition) is 4. The summed E-state index contributed by atoms with van der Waals surface area (Å²) in [4.78, 5) is 22.5. The van der Waals surface area contributed by atoms with Crippen LogP contribution in [0.3, 0.4) is 0 Å². The maximum absolute atomic E-state index is 12.6.